The Bertz CT molecular complexity index is 573. The Labute approximate surface area is 139 Å². The van der Waals surface area contributed by atoms with Crippen molar-refractivity contribution in [3.05, 3.63) is 30.1 Å². The van der Waals surface area contributed by atoms with E-state index in [2.05, 4.69) is 4.98 Å². The molecule has 3 aliphatic rings. The number of alkyl halides is 1. The summed E-state index contributed by atoms with van der Waals surface area (Å²) < 4.78 is 19.1. The molecule has 3 heterocycles. The average molecular weight is 336 g/mol. The minimum absolute atomic E-state index is 0.0635. The maximum absolute atomic E-state index is 12.9. The van der Waals surface area contributed by atoms with Gasteiger partial charge in [0.05, 0.1) is 17.5 Å². The van der Waals surface area contributed by atoms with E-state index in [0.29, 0.717) is 19.4 Å². The molecule has 1 atom stereocenters. The van der Waals surface area contributed by atoms with E-state index in [-0.39, 0.29) is 22.7 Å². The Morgan fingerprint density at radius 2 is 2.30 bits per heavy atom. The summed E-state index contributed by atoms with van der Waals surface area (Å²) in [5, 5.41) is 0. The molecule has 2 saturated heterocycles. The summed E-state index contributed by atoms with van der Waals surface area (Å²) >= 11 is 1.93. The average Bonchev–Trinajstić information content (AvgIpc) is 2.93. The first kappa shape index (κ1) is 15.4. The van der Waals surface area contributed by atoms with Gasteiger partial charge >= 0.3 is 0 Å². The summed E-state index contributed by atoms with van der Waals surface area (Å²) in [5.41, 5.74) is 1.09. The van der Waals surface area contributed by atoms with Crippen LogP contribution in [0.5, 0.6) is 0 Å². The number of aromatic nitrogens is 1. The fraction of sp³-hybridized carbons (Fsp3) is 0.647. The number of carbonyl (C=O) groups excluding carboxylic acids is 1. The van der Waals surface area contributed by atoms with Gasteiger partial charge < -0.3 is 9.64 Å². The standard InChI is InChI=1S/C17H21FN2O2S/c18-14-4-13(5-14)16(21)20-10-17(11-20)6-15(9-23-17)22-8-12-2-1-3-19-7-12/h1-3,7,13-15H,4-6,8-11H2/t13?,14?,15-/m1/s1. The molecule has 6 heteroatoms. The van der Waals surface area contributed by atoms with E-state index >= 15 is 0 Å². The predicted molar refractivity (Wildman–Crippen MR) is 86.8 cm³/mol. The molecule has 4 nitrogen and oxygen atoms in total. The summed E-state index contributed by atoms with van der Waals surface area (Å²) in [5.74, 6) is 1.08. The smallest absolute Gasteiger partial charge is 0.225 e. The monoisotopic (exact) mass is 336 g/mol. The molecular weight excluding hydrogens is 315 g/mol. The number of ether oxygens (including phenoxy) is 1. The molecule has 1 amide bonds. The van der Waals surface area contributed by atoms with Crippen LogP contribution in [-0.4, -0.2) is 51.7 Å². The van der Waals surface area contributed by atoms with Gasteiger partial charge in [0, 0.05) is 37.2 Å². The molecule has 0 radical (unpaired) electrons. The third-order valence-electron chi connectivity index (χ3n) is 5.08. The highest BCUT2D eigenvalue weighted by Crippen LogP contribution is 2.47. The van der Waals surface area contributed by atoms with Crippen molar-refractivity contribution in [1.29, 1.82) is 0 Å². The Hall–Kier alpha value is -1.14. The van der Waals surface area contributed by atoms with Crippen molar-refractivity contribution in [3.63, 3.8) is 0 Å². The van der Waals surface area contributed by atoms with Crippen molar-refractivity contribution in [1.82, 2.24) is 9.88 Å². The van der Waals surface area contributed by atoms with Gasteiger partial charge in [0.15, 0.2) is 0 Å². The maximum atomic E-state index is 12.9. The van der Waals surface area contributed by atoms with E-state index in [0.717, 1.165) is 30.8 Å². The highest BCUT2D eigenvalue weighted by atomic mass is 32.2. The highest BCUT2D eigenvalue weighted by molar-refractivity contribution is 8.01. The number of amides is 1. The number of rotatable bonds is 4. The van der Waals surface area contributed by atoms with Crippen LogP contribution in [0.4, 0.5) is 4.39 Å². The van der Waals surface area contributed by atoms with Crippen molar-refractivity contribution in [2.75, 3.05) is 18.8 Å². The molecule has 124 valence electrons. The fourth-order valence-electron chi connectivity index (χ4n) is 3.64. The number of likely N-dealkylation sites (tertiary alicyclic amines) is 1. The quantitative estimate of drug-likeness (QED) is 0.847. The van der Waals surface area contributed by atoms with E-state index in [1.165, 1.54) is 0 Å². The molecule has 4 rings (SSSR count). The van der Waals surface area contributed by atoms with Crippen LogP contribution < -0.4 is 0 Å². The molecule has 1 saturated carbocycles. The third kappa shape index (κ3) is 3.11. The van der Waals surface area contributed by atoms with E-state index in [1.807, 2.05) is 35.0 Å². The van der Waals surface area contributed by atoms with Gasteiger partial charge in [-0.1, -0.05) is 6.07 Å². The zero-order chi connectivity index (χ0) is 15.9. The second-order valence-corrected chi connectivity index (χ2v) is 8.44. The first-order valence-electron chi connectivity index (χ1n) is 8.21. The first-order valence-corrected chi connectivity index (χ1v) is 9.19. The van der Waals surface area contributed by atoms with Gasteiger partial charge in [-0.05, 0) is 30.9 Å². The molecule has 2 aliphatic heterocycles. The lowest BCUT2D eigenvalue weighted by atomic mass is 9.80. The number of halogens is 1. The van der Waals surface area contributed by atoms with Crippen molar-refractivity contribution >= 4 is 17.7 Å². The molecule has 1 aliphatic carbocycles. The largest absolute Gasteiger partial charge is 0.373 e. The van der Waals surface area contributed by atoms with E-state index in [9.17, 15) is 9.18 Å². The number of thioether (sulfide) groups is 1. The number of nitrogens with zero attached hydrogens (tertiary/aromatic N) is 2. The number of hydrogen-bond acceptors (Lipinski definition) is 4. The second kappa shape index (κ2) is 6.06. The van der Waals surface area contributed by atoms with Gasteiger partial charge in [0.25, 0.3) is 0 Å². The lowest BCUT2D eigenvalue weighted by Crippen LogP contribution is -2.62. The zero-order valence-corrected chi connectivity index (χ0v) is 13.8. The van der Waals surface area contributed by atoms with Crippen molar-refractivity contribution in [2.45, 2.75) is 42.9 Å². The van der Waals surface area contributed by atoms with E-state index < -0.39 is 6.17 Å². The van der Waals surface area contributed by atoms with Gasteiger partial charge in [-0.15, -0.1) is 11.8 Å². The molecule has 1 aromatic heterocycles. The Kier molecular flexibility index (Phi) is 4.05. The molecule has 1 spiro atoms. The molecule has 0 aromatic carbocycles. The van der Waals surface area contributed by atoms with Gasteiger partial charge in [-0.3, -0.25) is 9.78 Å². The molecule has 0 bridgehead atoms. The number of hydrogen-bond donors (Lipinski definition) is 0. The fourth-order valence-corrected chi connectivity index (χ4v) is 5.19. The van der Waals surface area contributed by atoms with E-state index in [4.69, 9.17) is 4.74 Å². The third-order valence-corrected chi connectivity index (χ3v) is 6.66. The summed E-state index contributed by atoms with van der Waals surface area (Å²) in [4.78, 5) is 18.2. The van der Waals surface area contributed by atoms with Crippen molar-refractivity contribution in [2.24, 2.45) is 5.92 Å². The highest BCUT2D eigenvalue weighted by Gasteiger charge is 2.52. The van der Waals surface area contributed by atoms with Gasteiger partial charge in [-0.25, -0.2) is 4.39 Å². The summed E-state index contributed by atoms with van der Waals surface area (Å²) in [6.45, 7) is 2.20. The number of pyridine rings is 1. The Balaban J connectivity index is 1.23. The normalized spacial score (nSPS) is 31.7. The Morgan fingerprint density at radius 3 is 3.00 bits per heavy atom. The molecule has 0 N–H and O–H groups in total. The van der Waals surface area contributed by atoms with Crippen LogP contribution in [0.3, 0.4) is 0 Å². The molecule has 0 unspecified atom stereocenters. The van der Waals surface area contributed by atoms with Crippen LogP contribution in [0.25, 0.3) is 0 Å². The summed E-state index contributed by atoms with van der Waals surface area (Å²) in [6, 6.07) is 3.94. The molecule has 23 heavy (non-hydrogen) atoms. The van der Waals surface area contributed by atoms with Gasteiger partial charge in [0.2, 0.25) is 5.91 Å². The first-order chi connectivity index (χ1) is 11.1. The predicted octanol–water partition coefficient (Wildman–Crippen LogP) is 2.43. The minimum Gasteiger partial charge on any atom is -0.373 e. The van der Waals surface area contributed by atoms with Gasteiger partial charge in [-0.2, -0.15) is 0 Å². The molecule has 1 aromatic rings. The van der Waals surface area contributed by atoms with E-state index in [1.54, 1.807) is 6.20 Å². The van der Waals surface area contributed by atoms with Crippen LogP contribution in [-0.2, 0) is 16.1 Å². The second-order valence-electron chi connectivity index (χ2n) is 6.95. The zero-order valence-electron chi connectivity index (χ0n) is 13.0. The summed E-state index contributed by atoms with van der Waals surface area (Å²) in [6.07, 6.45) is 4.92. The van der Waals surface area contributed by atoms with Crippen LogP contribution >= 0.6 is 11.8 Å². The topological polar surface area (TPSA) is 42.4 Å². The Morgan fingerprint density at radius 1 is 1.48 bits per heavy atom. The van der Waals surface area contributed by atoms with Gasteiger partial charge in [0.1, 0.15) is 6.17 Å². The van der Waals surface area contributed by atoms with Crippen LogP contribution in [0, 0.1) is 5.92 Å². The van der Waals surface area contributed by atoms with Crippen LogP contribution in [0.15, 0.2) is 24.5 Å². The SMILES string of the molecule is O=C(C1CC(F)C1)N1CC2(C[C@@H](OCc3cccnc3)CS2)C1. The van der Waals surface area contributed by atoms with Crippen molar-refractivity contribution in [3.8, 4) is 0 Å². The molecule has 3 fully saturated rings. The summed E-state index contributed by atoms with van der Waals surface area (Å²) in [7, 11) is 0. The molecular formula is C17H21FN2O2S. The minimum atomic E-state index is -0.759. The van der Waals surface area contributed by atoms with Crippen LogP contribution in [0.1, 0.15) is 24.8 Å². The van der Waals surface area contributed by atoms with Crippen LogP contribution in [0.2, 0.25) is 0 Å². The van der Waals surface area contributed by atoms with Crippen molar-refractivity contribution < 1.29 is 13.9 Å². The lowest BCUT2D eigenvalue weighted by Gasteiger charge is -2.49. The maximum Gasteiger partial charge on any atom is 0.225 e. The lowest BCUT2D eigenvalue weighted by molar-refractivity contribution is -0.146. The number of carbonyl (C=O) groups is 1.